The summed E-state index contributed by atoms with van der Waals surface area (Å²) in [5.74, 6) is -0.409. The van der Waals surface area contributed by atoms with Gasteiger partial charge in [0.15, 0.2) is 0 Å². The van der Waals surface area contributed by atoms with E-state index in [0.29, 0.717) is 10.2 Å². The summed E-state index contributed by atoms with van der Waals surface area (Å²) >= 11 is 3.19. The second kappa shape index (κ2) is 5.66. The first-order chi connectivity index (χ1) is 9.47. The number of nitro groups is 1. The van der Waals surface area contributed by atoms with Crippen molar-refractivity contribution in [2.75, 3.05) is 11.1 Å². The number of nitrogens with zero attached hydrogens (tertiary/aromatic N) is 2. The lowest BCUT2D eigenvalue weighted by atomic mass is 10.2. The molecule has 0 fully saturated rings. The van der Waals surface area contributed by atoms with Gasteiger partial charge in [0.2, 0.25) is 0 Å². The van der Waals surface area contributed by atoms with Gasteiger partial charge in [-0.05, 0) is 28.1 Å². The number of hydrogen-bond acceptors (Lipinski definition) is 5. The molecule has 0 radical (unpaired) electrons. The average Bonchev–Trinajstić information content (AvgIpc) is 2.41. The van der Waals surface area contributed by atoms with Gasteiger partial charge in [-0.2, -0.15) is 0 Å². The highest BCUT2D eigenvalue weighted by atomic mass is 79.9. The van der Waals surface area contributed by atoms with Gasteiger partial charge in [-0.1, -0.05) is 6.07 Å². The summed E-state index contributed by atoms with van der Waals surface area (Å²) in [7, 11) is 0. The summed E-state index contributed by atoms with van der Waals surface area (Å²) in [5.41, 5.74) is 6.01. The van der Waals surface area contributed by atoms with Crippen LogP contribution in [0.2, 0.25) is 0 Å². The van der Waals surface area contributed by atoms with Crippen molar-refractivity contribution in [1.82, 2.24) is 4.98 Å². The molecule has 8 heteroatoms. The number of carbonyl (C=O) groups excluding carboxylic acids is 1. The van der Waals surface area contributed by atoms with Crippen LogP contribution in [0.4, 0.5) is 17.2 Å². The van der Waals surface area contributed by atoms with Crippen LogP contribution in [0.5, 0.6) is 0 Å². The summed E-state index contributed by atoms with van der Waals surface area (Å²) in [6.07, 6.45) is 1.47. The minimum Gasteiger partial charge on any atom is -0.383 e. The molecule has 1 aromatic carbocycles. The van der Waals surface area contributed by atoms with E-state index in [1.807, 2.05) is 0 Å². The van der Waals surface area contributed by atoms with Crippen molar-refractivity contribution in [2.24, 2.45) is 0 Å². The second-order valence-corrected chi connectivity index (χ2v) is 4.76. The third-order valence-electron chi connectivity index (χ3n) is 2.44. The molecule has 7 nitrogen and oxygen atoms in total. The number of nitrogens with one attached hydrogen (secondary N) is 1. The lowest BCUT2D eigenvalue weighted by Crippen LogP contribution is -2.15. The fraction of sp³-hybridized carbons (Fsp3) is 0. The first-order valence-corrected chi connectivity index (χ1v) is 6.23. The Bertz CT molecular complexity index is 690. The number of carbonyl (C=O) groups is 1. The molecule has 0 spiro atoms. The predicted octanol–water partition coefficient (Wildman–Crippen LogP) is 2.59. The predicted molar refractivity (Wildman–Crippen MR) is 77.4 cm³/mol. The number of aromatic nitrogens is 1. The molecule has 0 unspecified atom stereocenters. The molecule has 0 aliphatic carbocycles. The van der Waals surface area contributed by atoms with E-state index in [9.17, 15) is 14.9 Å². The Kier molecular flexibility index (Phi) is 3.94. The van der Waals surface area contributed by atoms with Crippen LogP contribution in [-0.4, -0.2) is 15.8 Å². The normalized spacial score (nSPS) is 10.1. The molecule has 3 N–H and O–H groups in total. The van der Waals surface area contributed by atoms with Crippen molar-refractivity contribution < 1.29 is 9.72 Å². The molecule has 0 bridgehead atoms. The van der Waals surface area contributed by atoms with Gasteiger partial charge >= 0.3 is 0 Å². The van der Waals surface area contributed by atoms with Gasteiger partial charge in [0.25, 0.3) is 11.6 Å². The molecule has 2 rings (SSSR count). The van der Waals surface area contributed by atoms with Crippen molar-refractivity contribution >= 4 is 39.0 Å². The first kappa shape index (κ1) is 13.9. The quantitative estimate of drug-likeness (QED) is 0.660. The Labute approximate surface area is 122 Å². The van der Waals surface area contributed by atoms with Crippen LogP contribution in [0.3, 0.4) is 0 Å². The largest absolute Gasteiger partial charge is 0.383 e. The molecule has 102 valence electrons. The molecule has 0 atom stereocenters. The Morgan fingerprint density at radius 3 is 2.85 bits per heavy atom. The van der Waals surface area contributed by atoms with Crippen molar-refractivity contribution in [1.29, 1.82) is 0 Å². The third-order valence-corrected chi connectivity index (χ3v) is 2.88. The topological polar surface area (TPSA) is 111 Å². The van der Waals surface area contributed by atoms with E-state index < -0.39 is 10.8 Å². The standard InChI is InChI=1S/C12H9BrN4O3/c13-7-4-10(11(14)15-6-7)12(18)16-8-2-1-3-9(5-8)17(19)20/h1-6H,(H2,14,15)(H,16,18). The molecular weight excluding hydrogens is 328 g/mol. The lowest BCUT2D eigenvalue weighted by Gasteiger charge is -2.07. The monoisotopic (exact) mass is 336 g/mol. The number of rotatable bonds is 3. The number of nitrogen functional groups attached to an aromatic ring is 1. The maximum absolute atomic E-state index is 12.0. The third kappa shape index (κ3) is 3.09. The van der Waals surface area contributed by atoms with Crippen LogP contribution >= 0.6 is 15.9 Å². The fourth-order valence-corrected chi connectivity index (χ4v) is 1.86. The van der Waals surface area contributed by atoms with Crippen LogP contribution in [0.25, 0.3) is 0 Å². The Hall–Kier alpha value is -2.48. The van der Waals surface area contributed by atoms with Gasteiger partial charge in [-0.3, -0.25) is 14.9 Å². The van der Waals surface area contributed by atoms with E-state index in [1.54, 1.807) is 6.07 Å². The number of anilines is 2. The number of hydrogen-bond donors (Lipinski definition) is 2. The van der Waals surface area contributed by atoms with E-state index in [0.717, 1.165) is 0 Å². The zero-order chi connectivity index (χ0) is 14.7. The van der Waals surface area contributed by atoms with Crippen LogP contribution in [0.15, 0.2) is 41.0 Å². The number of pyridine rings is 1. The fourth-order valence-electron chi connectivity index (χ4n) is 1.53. The summed E-state index contributed by atoms with van der Waals surface area (Å²) in [6, 6.07) is 7.15. The van der Waals surface area contributed by atoms with Gasteiger partial charge in [0, 0.05) is 28.5 Å². The molecule has 20 heavy (non-hydrogen) atoms. The van der Waals surface area contributed by atoms with Gasteiger partial charge in [-0.25, -0.2) is 4.98 Å². The van der Waals surface area contributed by atoms with E-state index in [4.69, 9.17) is 5.73 Å². The molecule has 1 heterocycles. The number of nitro benzene ring substituents is 1. The molecule has 1 aromatic heterocycles. The zero-order valence-electron chi connectivity index (χ0n) is 10.0. The zero-order valence-corrected chi connectivity index (χ0v) is 11.6. The van der Waals surface area contributed by atoms with Crippen LogP contribution in [0, 0.1) is 10.1 Å². The molecule has 0 aliphatic rings. The highest BCUT2D eigenvalue weighted by Gasteiger charge is 2.13. The number of benzene rings is 1. The summed E-state index contributed by atoms with van der Waals surface area (Å²) in [5, 5.41) is 13.2. The molecule has 1 amide bonds. The SMILES string of the molecule is Nc1ncc(Br)cc1C(=O)Nc1cccc([N+](=O)[O-])c1. The highest BCUT2D eigenvalue weighted by Crippen LogP contribution is 2.20. The number of nitrogens with two attached hydrogens (primary N) is 1. The van der Waals surface area contributed by atoms with E-state index in [-0.39, 0.29) is 17.1 Å². The van der Waals surface area contributed by atoms with Gasteiger partial charge < -0.3 is 11.1 Å². The molecular formula is C12H9BrN4O3. The van der Waals surface area contributed by atoms with Crippen LogP contribution < -0.4 is 11.1 Å². The molecule has 0 saturated heterocycles. The maximum atomic E-state index is 12.0. The maximum Gasteiger partial charge on any atom is 0.271 e. The number of non-ortho nitro benzene ring substituents is 1. The van der Waals surface area contributed by atoms with Gasteiger partial charge in [0.1, 0.15) is 5.82 Å². The minimum atomic E-state index is -0.537. The van der Waals surface area contributed by atoms with Crippen molar-refractivity contribution in [3.8, 4) is 0 Å². The van der Waals surface area contributed by atoms with Gasteiger partial charge in [-0.15, -0.1) is 0 Å². The average molecular weight is 337 g/mol. The van der Waals surface area contributed by atoms with Crippen LogP contribution in [0.1, 0.15) is 10.4 Å². The highest BCUT2D eigenvalue weighted by molar-refractivity contribution is 9.10. The summed E-state index contributed by atoms with van der Waals surface area (Å²) < 4.78 is 0.607. The van der Waals surface area contributed by atoms with Crippen molar-refractivity contribution in [3.05, 3.63) is 56.7 Å². The first-order valence-electron chi connectivity index (χ1n) is 5.44. The molecule has 2 aromatic rings. The molecule has 0 aliphatic heterocycles. The van der Waals surface area contributed by atoms with Crippen molar-refractivity contribution in [2.45, 2.75) is 0 Å². The van der Waals surface area contributed by atoms with E-state index >= 15 is 0 Å². The van der Waals surface area contributed by atoms with E-state index in [1.165, 1.54) is 30.5 Å². The lowest BCUT2D eigenvalue weighted by molar-refractivity contribution is -0.384. The van der Waals surface area contributed by atoms with Crippen molar-refractivity contribution in [3.63, 3.8) is 0 Å². The summed E-state index contributed by atoms with van der Waals surface area (Å²) in [4.78, 5) is 26.0. The smallest absolute Gasteiger partial charge is 0.271 e. The Morgan fingerprint density at radius 1 is 1.40 bits per heavy atom. The Morgan fingerprint density at radius 2 is 2.15 bits per heavy atom. The number of amides is 1. The number of halogens is 1. The van der Waals surface area contributed by atoms with E-state index in [2.05, 4.69) is 26.2 Å². The minimum absolute atomic E-state index is 0.0798. The second-order valence-electron chi connectivity index (χ2n) is 3.85. The Balaban J connectivity index is 2.25. The molecule has 0 saturated carbocycles. The van der Waals surface area contributed by atoms with Crippen LogP contribution in [-0.2, 0) is 0 Å². The summed E-state index contributed by atoms with van der Waals surface area (Å²) in [6.45, 7) is 0. The van der Waals surface area contributed by atoms with Gasteiger partial charge in [0.05, 0.1) is 10.5 Å².